The fraction of sp³-hybridized carbons (Fsp3) is 0.308. The van der Waals surface area contributed by atoms with E-state index in [1.165, 1.54) is 6.08 Å². The highest BCUT2D eigenvalue weighted by Gasteiger charge is 2.00. The van der Waals surface area contributed by atoms with Gasteiger partial charge in [0.05, 0.1) is 6.61 Å². The third kappa shape index (κ3) is 4.17. The SMILES string of the molecule is CCOC(=O)C=C(C)Cc1ccc(O)cc1. The number of ether oxygens (including phenoxy) is 1. The fourth-order valence-electron chi connectivity index (χ4n) is 1.37. The lowest BCUT2D eigenvalue weighted by molar-refractivity contribution is -0.137. The van der Waals surface area contributed by atoms with Crippen molar-refractivity contribution in [3.63, 3.8) is 0 Å². The van der Waals surface area contributed by atoms with E-state index in [1.54, 1.807) is 19.1 Å². The summed E-state index contributed by atoms with van der Waals surface area (Å²) in [6.07, 6.45) is 2.18. The molecule has 1 N–H and O–H groups in total. The Kier molecular flexibility index (Phi) is 4.58. The molecule has 0 saturated carbocycles. The minimum Gasteiger partial charge on any atom is -0.508 e. The second-order valence-electron chi connectivity index (χ2n) is 3.59. The summed E-state index contributed by atoms with van der Waals surface area (Å²) in [5.41, 5.74) is 1.99. The van der Waals surface area contributed by atoms with Crippen LogP contribution in [0.5, 0.6) is 5.75 Å². The van der Waals surface area contributed by atoms with Gasteiger partial charge in [-0.2, -0.15) is 0 Å². The maximum atomic E-state index is 11.2. The Bertz CT molecular complexity index is 377. The van der Waals surface area contributed by atoms with Crippen LogP contribution in [0, 0.1) is 0 Å². The first-order chi connectivity index (χ1) is 7.61. The quantitative estimate of drug-likeness (QED) is 0.626. The van der Waals surface area contributed by atoms with Gasteiger partial charge in [0.15, 0.2) is 0 Å². The highest BCUT2D eigenvalue weighted by Crippen LogP contribution is 2.13. The Labute approximate surface area is 95.4 Å². The molecule has 0 heterocycles. The molecule has 3 nitrogen and oxygen atoms in total. The first-order valence-electron chi connectivity index (χ1n) is 5.23. The molecule has 0 aliphatic carbocycles. The number of hydrogen-bond acceptors (Lipinski definition) is 3. The minimum atomic E-state index is -0.307. The van der Waals surface area contributed by atoms with Crippen molar-refractivity contribution in [2.24, 2.45) is 0 Å². The number of rotatable bonds is 4. The van der Waals surface area contributed by atoms with E-state index >= 15 is 0 Å². The van der Waals surface area contributed by atoms with Gasteiger partial charge in [-0.05, 0) is 38.0 Å². The van der Waals surface area contributed by atoms with Gasteiger partial charge in [0.2, 0.25) is 0 Å². The van der Waals surface area contributed by atoms with Crippen LogP contribution in [0.2, 0.25) is 0 Å². The van der Waals surface area contributed by atoms with Gasteiger partial charge in [-0.1, -0.05) is 17.7 Å². The number of benzene rings is 1. The summed E-state index contributed by atoms with van der Waals surface area (Å²) in [4.78, 5) is 11.2. The Morgan fingerprint density at radius 2 is 2.00 bits per heavy atom. The van der Waals surface area contributed by atoms with E-state index in [0.29, 0.717) is 13.0 Å². The zero-order valence-corrected chi connectivity index (χ0v) is 9.56. The Balaban J connectivity index is 2.60. The van der Waals surface area contributed by atoms with Gasteiger partial charge in [-0.15, -0.1) is 0 Å². The lowest BCUT2D eigenvalue weighted by Crippen LogP contribution is -2.01. The standard InChI is InChI=1S/C13H16O3/c1-3-16-13(15)9-10(2)8-11-4-6-12(14)7-5-11/h4-7,9,14H,3,8H2,1-2H3. The molecule has 0 amide bonds. The second kappa shape index (κ2) is 5.95. The lowest BCUT2D eigenvalue weighted by Gasteiger charge is -2.02. The van der Waals surface area contributed by atoms with Crippen molar-refractivity contribution < 1.29 is 14.6 Å². The van der Waals surface area contributed by atoms with E-state index in [1.807, 2.05) is 19.1 Å². The zero-order valence-electron chi connectivity index (χ0n) is 9.56. The van der Waals surface area contributed by atoms with Gasteiger partial charge in [-0.25, -0.2) is 4.79 Å². The second-order valence-corrected chi connectivity index (χ2v) is 3.59. The third-order valence-corrected chi connectivity index (χ3v) is 2.07. The maximum absolute atomic E-state index is 11.2. The molecule has 1 aromatic carbocycles. The zero-order chi connectivity index (χ0) is 12.0. The first-order valence-corrected chi connectivity index (χ1v) is 5.23. The normalized spacial score (nSPS) is 11.2. The summed E-state index contributed by atoms with van der Waals surface area (Å²) < 4.78 is 4.81. The Morgan fingerprint density at radius 1 is 1.38 bits per heavy atom. The summed E-state index contributed by atoms with van der Waals surface area (Å²) in [7, 11) is 0. The van der Waals surface area contributed by atoms with Gasteiger partial charge in [0.25, 0.3) is 0 Å². The third-order valence-electron chi connectivity index (χ3n) is 2.07. The molecule has 1 rings (SSSR count). The molecule has 1 aromatic rings. The predicted molar refractivity (Wildman–Crippen MR) is 62.2 cm³/mol. The maximum Gasteiger partial charge on any atom is 0.330 e. The molecule has 0 aliphatic heterocycles. The van der Waals surface area contributed by atoms with E-state index < -0.39 is 0 Å². The van der Waals surface area contributed by atoms with E-state index in [2.05, 4.69) is 0 Å². The number of esters is 1. The summed E-state index contributed by atoms with van der Waals surface area (Å²) in [5.74, 6) is -0.0606. The van der Waals surface area contributed by atoms with Crippen LogP contribution < -0.4 is 0 Å². The number of carbonyl (C=O) groups excluding carboxylic acids is 1. The molecular weight excluding hydrogens is 204 g/mol. The van der Waals surface area contributed by atoms with Crippen LogP contribution >= 0.6 is 0 Å². The Morgan fingerprint density at radius 3 is 2.56 bits per heavy atom. The highest BCUT2D eigenvalue weighted by atomic mass is 16.5. The van der Waals surface area contributed by atoms with Gasteiger partial charge in [-0.3, -0.25) is 0 Å². The molecule has 86 valence electrons. The number of allylic oxidation sites excluding steroid dienone is 1. The van der Waals surface area contributed by atoms with Crippen LogP contribution in [0.25, 0.3) is 0 Å². The lowest BCUT2D eigenvalue weighted by atomic mass is 10.1. The van der Waals surface area contributed by atoms with Crippen molar-refractivity contribution in [1.29, 1.82) is 0 Å². The molecule has 0 unspecified atom stereocenters. The Hall–Kier alpha value is -1.77. The van der Waals surface area contributed by atoms with Crippen LogP contribution in [0.1, 0.15) is 19.4 Å². The summed E-state index contributed by atoms with van der Waals surface area (Å²) in [6, 6.07) is 6.93. The van der Waals surface area contributed by atoms with Crippen molar-refractivity contribution in [1.82, 2.24) is 0 Å². The number of phenolic OH excluding ortho intramolecular Hbond substituents is 1. The first kappa shape index (κ1) is 12.3. The molecule has 0 aromatic heterocycles. The van der Waals surface area contributed by atoms with Crippen molar-refractivity contribution in [3.8, 4) is 5.75 Å². The van der Waals surface area contributed by atoms with E-state index in [9.17, 15) is 4.79 Å². The fourth-order valence-corrected chi connectivity index (χ4v) is 1.37. The smallest absolute Gasteiger partial charge is 0.330 e. The van der Waals surface area contributed by atoms with Gasteiger partial charge >= 0.3 is 5.97 Å². The van der Waals surface area contributed by atoms with Crippen molar-refractivity contribution in [3.05, 3.63) is 41.5 Å². The van der Waals surface area contributed by atoms with E-state index in [4.69, 9.17) is 9.84 Å². The van der Waals surface area contributed by atoms with Crippen LogP contribution in [0.3, 0.4) is 0 Å². The summed E-state index contributed by atoms with van der Waals surface area (Å²) >= 11 is 0. The molecular formula is C13H16O3. The predicted octanol–water partition coefficient (Wildman–Crippen LogP) is 2.44. The van der Waals surface area contributed by atoms with Crippen LogP contribution in [0.15, 0.2) is 35.9 Å². The monoisotopic (exact) mass is 220 g/mol. The van der Waals surface area contributed by atoms with Crippen molar-refractivity contribution in [2.45, 2.75) is 20.3 Å². The van der Waals surface area contributed by atoms with Gasteiger partial charge < -0.3 is 9.84 Å². The molecule has 0 spiro atoms. The molecule has 0 fully saturated rings. The van der Waals surface area contributed by atoms with E-state index in [0.717, 1.165) is 11.1 Å². The summed E-state index contributed by atoms with van der Waals surface area (Å²) in [5, 5.41) is 9.12. The molecule has 0 radical (unpaired) electrons. The average molecular weight is 220 g/mol. The van der Waals surface area contributed by atoms with E-state index in [-0.39, 0.29) is 11.7 Å². The minimum absolute atomic E-state index is 0.246. The molecule has 16 heavy (non-hydrogen) atoms. The van der Waals surface area contributed by atoms with Gasteiger partial charge in [0, 0.05) is 6.08 Å². The molecule has 0 aliphatic rings. The average Bonchev–Trinajstić information content (AvgIpc) is 2.21. The number of hydrogen-bond donors (Lipinski definition) is 1. The number of phenols is 1. The largest absolute Gasteiger partial charge is 0.508 e. The summed E-state index contributed by atoms with van der Waals surface area (Å²) in [6.45, 7) is 4.05. The van der Waals surface area contributed by atoms with Crippen molar-refractivity contribution in [2.75, 3.05) is 6.61 Å². The van der Waals surface area contributed by atoms with Crippen LogP contribution in [-0.4, -0.2) is 17.7 Å². The van der Waals surface area contributed by atoms with Crippen LogP contribution in [-0.2, 0) is 16.0 Å². The molecule has 0 bridgehead atoms. The molecule has 0 saturated heterocycles. The van der Waals surface area contributed by atoms with Crippen molar-refractivity contribution >= 4 is 5.97 Å². The van der Waals surface area contributed by atoms with Gasteiger partial charge in [0.1, 0.15) is 5.75 Å². The topological polar surface area (TPSA) is 46.5 Å². The van der Waals surface area contributed by atoms with Crippen LogP contribution in [0.4, 0.5) is 0 Å². The number of aromatic hydroxyl groups is 1. The molecule has 3 heteroatoms. The number of carbonyl (C=O) groups is 1. The highest BCUT2D eigenvalue weighted by molar-refractivity contribution is 5.82. The molecule has 0 atom stereocenters.